The summed E-state index contributed by atoms with van der Waals surface area (Å²) in [5.41, 5.74) is 0.761. The van der Waals surface area contributed by atoms with Gasteiger partial charge in [0, 0.05) is 0 Å². The molecule has 66 valence electrons. The summed E-state index contributed by atoms with van der Waals surface area (Å²) in [4.78, 5) is 0. The van der Waals surface area contributed by atoms with Crippen molar-refractivity contribution in [2.45, 2.75) is 6.92 Å². The minimum atomic E-state index is 0.365. The molecule has 0 bridgehead atoms. The third-order valence-electron chi connectivity index (χ3n) is 1.43. The molecule has 0 N–H and O–H groups in total. The molecule has 0 aromatic heterocycles. The molecule has 0 fully saturated rings. The van der Waals surface area contributed by atoms with Crippen LogP contribution in [0.1, 0.15) is 5.56 Å². The molecule has 0 amide bonds. The number of hydrogen-bond donors (Lipinski definition) is 0. The molecule has 12 heavy (non-hydrogen) atoms. The molecule has 0 aliphatic rings. The molecular weight excluding hydrogens is 353 g/mol. The second-order valence-electron chi connectivity index (χ2n) is 2.19. The first-order valence-electron chi connectivity index (χ1n) is 2.94. The predicted molar refractivity (Wildman–Crippen MR) is 63.9 cm³/mol. The van der Waals surface area contributed by atoms with E-state index in [1.165, 1.54) is 0 Å². The van der Waals surface area contributed by atoms with Gasteiger partial charge in [-0.25, -0.2) is 0 Å². The lowest BCUT2D eigenvalue weighted by Gasteiger charge is -2.08. The maximum absolute atomic E-state index is 5.93. The van der Waals surface area contributed by atoms with E-state index in [1.54, 1.807) is 6.92 Å². The molecule has 0 nitrogen and oxygen atoms in total. The molecular formula is C7H3Cl4I. The van der Waals surface area contributed by atoms with Crippen LogP contribution in [0.3, 0.4) is 0 Å². The number of benzene rings is 1. The Morgan fingerprint density at radius 1 is 0.833 bits per heavy atom. The molecule has 0 saturated carbocycles. The Morgan fingerprint density at radius 3 is 1.83 bits per heavy atom. The van der Waals surface area contributed by atoms with Crippen molar-refractivity contribution >= 4 is 69.0 Å². The van der Waals surface area contributed by atoms with Gasteiger partial charge in [-0.2, -0.15) is 0 Å². The predicted octanol–water partition coefficient (Wildman–Crippen LogP) is 5.21. The molecule has 1 aromatic carbocycles. The minimum Gasteiger partial charge on any atom is -0.0828 e. The Morgan fingerprint density at radius 2 is 1.33 bits per heavy atom. The Hall–Kier alpha value is 1.11. The molecule has 0 spiro atoms. The van der Waals surface area contributed by atoms with Crippen LogP contribution in [0.5, 0.6) is 0 Å². The number of hydrogen-bond acceptors (Lipinski definition) is 0. The fourth-order valence-electron chi connectivity index (χ4n) is 0.715. The molecule has 1 rings (SSSR count). The van der Waals surface area contributed by atoms with Crippen molar-refractivity contribution < 1.29 is 0 Å². The topological polar surface area (TPSA) is 0 Å². The van der Waals surface area contributed by atoms with Crippen molar-refractivity contribution in [1.29, 1.82) is 0 Å². The van der Waals surface area contributed by atoms with E-state index in [-0.39, 0.29) is 0 Å². The van der Waals surface area contributed by atoms with E-state index < -0.39 is 0 Å². The van der Waals surface area contributed by atoms with E-state index in [0.717, 1.165) is 9.13 Å². The quantitative estimate of drug-likeness (QED) is 0.340. The molecule has 0 heterocycles. The summed E-state index contributed by atoms with van der Waals surface area (Å²) in [6.45, 7) is 1.80. The standard InChI is InChI=1S/C7H3Cl4I/c1-2-3(8)5(10)6(11)7(12)4(2)9/h1H3. The van der Waals surface area contributed by atoms with Gasteiger partial charge in [-0.3, -0.25) is 0 Å². The number of halogens is 5. The first-order chi connectivity index (χ1) is 5.46. The first-order valence-corrected chi connectivity index (χ1v) is 5.54. The molecule has 0 aliphatic carbocycles. The van der Waals surface area contributed by atoms with Crippen molar-refractivity contribution in [3.63, 3.8) is 0 Å². The van der Waals surface area contributed by atoms with Crippen molar-refractivity contribution in [2.75, 3.05) is 0 Å². The van der Waals surface area contributed by atoms with Crippen molar-refractivity contribution in [1.82, 2.24) is 0 Å². The SMILES string of the molecule is Cc1c(Cl)c(Cl)c(Cl)c(I)c1Cl. The van der Waals surface area contributed by atoms with Gasteiger partial charge in [0.15, 0.2) is 0 Å². The van der Waals surface area contributed by atoms with Crippen molar-refractivity contribution in [2.24, 2.45) is 0 Å². The third kappa shape index (κ3) is 1.80. The summed E-state index contributed by atoms with van der Waals surface area (Å²) >= 11 is 25.5. The van der Waals surface area contributed by atoms with Crippen LogP contribution in [-0.2, 0) is 0 Å². The Balaban J connectivity index is 3.60. The monoisotopic (exact) mass is 354 g/mol. The zero-order valence-corrected chi connectivity index (χ0v) is 11.1. The van der Waals surface area contributed by atoms with E-state index in [0.29, 0.717) is 20.1 Å². The third-order valence-corrected chi connectivity index (χ3v) is 5.04. The largest absolute Gasteiger partial charge is 0.0828 e. The van der Waals surface area contributed by atoms with Gasteiger partial charge >= 0.3 is 0 Å². The van der Waals surface area contributed by atoms with Gasteiger partial charge in [-0.1, -0.05) is 46.4 Å². The van der Waals surface area contributed by atoms with Gasteiger partial charge in [0.25, 0.3) is 0 Å². The summed E-state index contributed by atoms with van der Waals surface area (Å²) < 4.78 is 0.739. The molecule has 0 unspecified atom stereocenters. The fourth-order valence-corrected chi connectivity index (χ4v) is 2.50. The van der Waals surface area contributed by atoms with Crippen LogP contribution in [0.2, 0.25) is 20.1 Å². The highest BCUT2D eigenvalue weighted by molar-refractivity contribution is 14.1. The zero-order chi connectivity index (χ0) is 9.46. The summed E-state index contributed by atoms with van der Waals surface area (Å²) in [5, 5.41) is 1.77. The van der Waals surface area contributed by atoms with Crippen LogP contribution in [-0.4, -0.2) is 0 Å². The van der Waals surface area contributed by atoms with E-state index >= 15 is 0 Å². The molecule has 1 aromatic rings. The van der Waals surface area contributed by atoms with Gasteiger partial charge in [0.05, 0.1) is 23.7 Å². The van der Waals surface area contributed by atoms with Gasteiger partial charge in [-0.15, -0.1) is 0 Å². The summed E-state index contributed by atoms with van der Waals surface area (Å²) in [6.07, 6.45) is 0. The summed E-state index contributed by atoms with van der Waals surface area (Å²) in [6, 6.07) is 0. The molecule has 5 heteroatoms. The van der Waals surface area contributed by atoms with Gasteiger partial charge in [0.1, 0.15) is 0 Å². The van der Waals surface area contributed by atoms with Crippen LogP contribution in [0.4, 0.5) is 0 Å². The van der Waals surface area contributed by atoms with E-state index in [9.17, 15) is 0 Å². The van der Waals surface area contributed by atoms with E-state index in [4.69, 9.17) is 46.4 Å². The lowest BCUT2D eigenvalue weighted by molar-refractivity contribution is 1.45. The Kier molecular flexibility index (Phi) is 3.82. The van der Waals surface area contributed by atoms with Crippen molar-refractivity contribution in [3.05, 3.63) is 29.2 Å². The normalized spacial score (nSPS) is 10.5. The Labute approximate surface area is 104 Å². The maximum Gasteiger partial charge on any atom is 0.0793 e. The highest BCUT2D eigenvalue weighted by Gasteiger charge is 2.15. The second kappa shape index (κ2) is 4.09. The second-order valence-corrected chi connectivity index (χ2v) is 4.79. The van der Waals surface area contributed by atoms with Gasteiger partial charge < -0.3 is 0 Å². The van der Waals surface area contributed by atoms with Crippen LogP contribution in [0.15, 0.2) is 0 Å². The minimum absolute atomic E-state index is 0.365. The number of rotatable bonds is 0. The van der Waals surface area contributed by atoms with Crippen LogP contribution in [0, 0.1) is 10.5 Å². The van der Waals surface area contributed by atoms with Crippen LogP contribution < -0.4 is 0 Å². The van der Waals surface area contributed by atoms with Crippen LogP contribution in [0.25, 0.3) is 0 Å². The highest BCUT2D eigenvalue weighted by atomic mass is 127. The molecule has 0 radical (unpaired) electrons. The van der Waals surface area contributed by atoms with E-state index in [2.05, 4.69) is 0 Å². The van der Waals surface area contributed by atoms with Crippen LogP contribution >= 0.6 is 69.0 Å². The summed E-state index contributed by atoms with van der Waals surface area (Å²) in [7, 11) is 0. The lowest BCUT2D eigenvalue weighted by atomic mass is 10.2. The molecule has 0 saturated heterocycles. The molecule has 0 aliphatic heterocycles. The average Bonchev–Trinajstić information content (AvgIpc) is 2.08. The Bertz CT molecular complexity index is 230. The van der Waals surface area contributed by atoms with E-state index in [1.807, 2.05) is 22.6 Å². The summed E-state index contributed by atoms with van der Waals surface area (Å²) in [5.74, 6) is 0. The molecule has 0 atom stereocenters. The maximum atomic E-state index is 5.93. The zero-order valence-electron chi connectivity index (χ0n) is 5.89. The lowest BCUT2D eigenvalue weighted by Crippen LogP contribution is -1.86. The van der Waals surface area contributed by atoms with Crippen molar-refractivity contribution in [3.8, 4) is 0 Å². The highest BCUT2D eigenvalue weighted by Crippen LogP contribution is 2.41. The first kappa shape index (κ1) is 11.2. The van der Waals surface area contributed by atoms with Gasteiger partial charge in [-0.05, 0) is 35.1 Å². The average molecular weight is 356 g/mol. The van der Waals surface area contributed by atoms with Gasteiger partial charge in [0.2, 0.25) is 0 Å². The smallest absolute Gasteiger partial charge is 0.0793 e. The fraction of sp³-hybridized carbons (Fsp3) is 0.143.